The summed E-state index contributed by atoms with van der Waals surface area (Å²) in [6.45, 7) is 8.09. The maximum Gasteiger partial charge on any atom is 0.149 e. The number of nitrogen functional groups attached to an aromatic ring is 1. The Morgan fingerprint density at radius 3 is 2.50 bits per heavy atom. The minimum Gasteiger partial charge on any atom is -0.382 e. The third kappa shape index (κ3) is 3.16. The minimum absolute atomic E-state index is 0.322. The molecule has 0 radical (unpaired) electrons. The number of hydrogen-bond acceptors (Lipinski definition) is 3. The lowest BCUT2D eigenvalue weighted by molar-refractivity contribution is 0.615. The fourth-order valence-corrected chi connectivity index (χ4v) is 1.98. The Morgan fingerprint density at radius 1 is 1.38 bits per heavy atom. The molecule has 0 fully saturated rings. The summed E-state index contributed by atoms with van der Waals surface area (Å²) in [6, 6.07) is 1.64. The largest absolute Gasteiger partial charge is 0.382 e. The molecule has 0 aliphatic rings. The first-order valence-corrected chi connectivity index (χ1v) is 6.07. The van der Waals surface area contributed by atoms with Gasteiger partial charge in [-0.15, -0.1) is 0 Å². The van der Waals surface area contributed by atoms with Crippen LogP contribution in [-0.2, 0) is 0 Å². The van der Waals surface area contributed by atoms with E-state index in [4.69, 9.17) is 28.9 Å². The third-order valence-corrected chi connectivity index (χ3v) is 2.79. The van der Waals surface area contributed by atoms with E-state index in [0.29, 0.717) is 27.6 Å². The van der Waals surface area contributed by atoms with Gasteiger partial charge in [-0.2, -0.15) is 0 Å². The predicted molar refractivity (Wildman–Crippen MR) is 71.4 cm³/mol. The summed E-state index contributed by atoms with van der Waals surface area (Å²) >= 11 is 12.0. The highest BCUT2D eigenvalue weighted by Gasteiger charge is 2.14. The minimum atomic E-state index is 0.322. The summed E-state index contributed by atoms with van der Waals surface area (Å²) in [7, 11) is 0. The lowest BCUT2D eigenvalue weighted by Gasteiger charge is -2.25. The van der Waals surface area contributed by atoms with E-state index < -0.39 is 0 Å². The second-order valence-corrected chi connectivity index (χ2v) is 4.91. The first-order valence-electron chi connectivity index (χ1n) is 5.32. The van der Waals surface area contributed by atoms with Gasteiger partial charge in [0, 0.05) is 13.1 Å². The van der Waals surface area contributed by atoms with Gasteiger partial charge >= 0.3 is 0 Å². The van der Waals surface area contributed by atoms with Crippen LogP contribution in [-0.4, -0.2) is 18.1 Å². The van der Waals surface area contributed by atoms with Gasteiger partial charge in [-0.3, -0.25) is 0 Å². The average Bonchev–Trinajstić information content (AvgIpc) is 2.20. The molecule has 1 heterocycles. The lowest BCUT2D eigenvalue weighted by atomic mass is 10.2. The normalized spacial score (nSPS) is 10.9. The van der Waals surface area contributed by atoms with Crippen LogP contribution in [0.25, 0.3) is 0 Å². The first-order chi connectivity index (χ1) is 7.45. The van der Waals surface area contributed by atoms with Crippen molar-refractivity contribution < 1.29 is 0 Å². The fourth-order valence-electron chi connectivity index (χ4n) is 1.50. The molecule has 0 amide bonds. The highest BCUT2D eigenvalue weighted by Crippen LogP contribution is 2.30. The predicted octanol–water partition coefficient (Wildman–Crippen LogP) is 3.45. The van der Waals surface area contributed by atoms with Crippen molar-refractivity contribution in [1.29, 1.82) is 0 Å². The molecule has 5 heteroatoms. The maximum atomic E-state index is 6.11. The third-order valence-electron chi connectivity index (χ3n) is 2.20. The average molecular weight is 262 g/mol. The molecule has 0 spiro atoms. The molecule has 16 heavy (non-hydrogen) atoms. The molecular weight excluding hydrogens is 245 g/mol. The molecule has 0 aliphatic carbocycles. The number of hydrogen-bond donors (Lipinski definition) is 1. The second kappa shape index (κ2) is 5.60. The van der Waals surface area contributed by atoms with E-state index in [9.17, 15) is 0 Å². The van der Waals surface area contributed by atoms with Crippen molar-refractivity contribution in [3.8, 4) is 0 Å². The highest BCUT2D eigenvalue weighted by atomic mass is 35.5. The molecule has 1 rings (SSSR count). The van der Waals surface area contributed by atoms with Gasteiger partial charge in [-0.05, 0) is 18.9 Å². The Labute approximate surface area is 107 Å². The highest BCUT2D eigenvalue weighted by molar-refractivity contribution is 6.37. The van der Waals surface area contributed by atoms with Crippen molar-refractivity contribution in [2.45, 2.75) is 20.8 Å². The maximum absolute atomic E-state index is 6.11. The number of anilines is 2. The van der Waals surface area contributed by atoms with Crippen LogP contribution in [0.1, 0.15) is 20.8 Å². The number of aromatic nitrogens is 1. The Morgan fingerprint density at radius 2 is 2.00 bits per heavy atom. The molecule has 1 aromatic rings. The molecular formula is C11H17Cl2N3. The molecule has 0 saturated heterocycles. The molecule has 0 atom stereocenters. The quantitative estimate of drug-likeness (QED) is 0.903. The fraction of sp³-hybridized carbons (Fsp3) is 0.545. The van der Waals surface area contributed by atoms with E-state index in [0.717, 1.165) is 13.1 Å². The van der Waals surface area contributed by atoms with E-state index in [1.165, 1.54) is 0 Å². The summed E-state index contributed by atoms with van der Waals surface area (Å²) < 4.78 is 0. The zero-order chi connectivity index (χ0) is 12.3. The van der Waals surface area contributed by atoms with Crippen LogP contribution in [0.2, 0.25) is 10.0 Å². The molecule has 90 valence electrons. The summed E-state index contributed by atoms with van der Waals surface area (Å²) in [5.41, 5.74) is 5.68. The Bertz CT molecular complexity index is 366. The Hall–Kier alpha value is -0.670. The van der Waals surface area contributed by atoms with Gasteiger partial charge in [0.05, 0.1) is 10.0 Å². The molecule has 1 aromatic heterocycles. The van der Waals surface area contributed by atoms with Gasteiger partial charge in [-0.25, -0.2) is 4.98 Å². The zero-order valence-electron chi connectivity index (χ0n) is 9.80. The van der Waals surface area contributed by atoms with Gasteiger partial charge in [-0.1, -0.05) is 37.0 Å². The van der Waals surface area contributed by atoms with Gasteiger partial charge in [0.1, 0.15) is 11.6 Å². The van der Waals surface area contributed by atoms with Crippen LogP contribution in [0.3, 0.4) is 0 Å². The van der Waals surface area contributed by atoms with E-state index in [2.05, 4.69) is 30.7 Å². The smallest absolute Gasteiger partial charge is 0.149 e. The van der Waals surface area contributed by atoms with Crippen molar-refractivity contribution in [2.75, 3.05) is 23.7 Å². The van der Waals surface area contributed by atoms with Crippen LogP contribution in [0.5, 0.6) is 0 Å². The van der Waals surface area contributed by atoms with E-state index in [1.54, 1.807) is 6.07 Å². The van der Waals surface area contributed by atoms with Crippen LogP contribution < -0.4 is 10.6 Å². The van der Waals surface area contributed by atoms with Crippen LogP contribution >= 0.6 is 23.2 Å². The number of rotatable bonds is 4. The molecule has 2 N–H and O–H groups in total. The van der Waals surface area contributed by atoms with Crippen molar-refractivity contribution in [2.24, 2.45) is 5.92 Å². The number of halogens is 2. The number of nitrogens with two attached hydrogens (primary N) is 1. The van der Waals surface area contributed by atoms with Gasteiger partial charge < -0.3 is 10.6 Å². The second-order valence-electron chi connectivity index (χ2n) is 4.09. The van der Waals surface area contributed by atoms with Gasteiger partial charge in [0.25, 0.3) is 0 Å². The molecule has 0 bridgehead atoms. The summed E-state index contributed by atoms with van der Waals surface area (Å²) in [4.78, 5) is 6.33. The molecule has 0 saturated carbocycles. The monoisotopic (exact) mass is 261 g/mol. The SMILES string of the molecule is CCN(CC(C)C)c1nc(N)c(Cl)cc1Cl. The summed E-state index contributed by atoms with van der Waals surface area (Å²) in [6.07, 6.45) is 0. The Balaban J connectivity index is 3.05. The van der Waals surface area contributed by atoms with Crippen molar-refractivity contribution >= 4 is 34.8 Å². The molecule has 3 nitrogen and oxygen atoms in total. The molecule has 0 aliphatic heterocycles. The zero-order valence-corrected chi connectivity index (χ0v) is 11.3. The standard InChI is InChI=1S/C11H17Cl2N3/c1-4-16(6-7(2)3)11-9(13)5-8(12)10(14)15-11/h5,7H,4,6H2,1-3H3,(H2,14,15). The van der Waals surface area contributed by atoms with Crippen LogP contribution in [0.4, 0.5) is 11.6 Å². The van der Waals surface area contributed by atoms with Crippen molar-refractivity contribution in [3.63, 3.8) is 0 Å². The van der Waals surface area contributed by atoms with Gasteiger partial charge in [0.15, 0.2) is 0 Å². The summed E-state index contributed by atoms with van der Waals surface area (Å²) in [5.74, 6) is 1.57. The molecule has 0 unspecified atom stereocenters. The topological polar surface area (TPSA) is 42.2 Å². The van der Waals surface area contributed by atoms with Crippen LogP contribution in [0, 0.1) is 5.92 Å². The van der Waals surface area contributed by atoms with Crippen molar-refractivity contribution in [1.82, 2.24) is 4.98 Å². The number of nitrogens with zero attached hydrogens (tertiary/aromatic N) is 2. The summed E-state index contributed by atoms with van der Waals surface area (Å²) in [5, 5.41) is 0.941. The van der Waals surface area contributed by atoms with Crippen molar-refractivity contribution in [3.05, 3.63) is 16.1 Å². The number of pyridine rings is 1. The Kier molecular flexibility index (Phi) is 4.69. The van der Waals surface area contributed by atoms with E-state index in [-0.39, 0.29) is 0 Å². The van der Waals surface area contributed by atoms with E-state index >= 15 is 0 Å². The lowest BCUT2D eigenvalue weighted by Crippen LogP contribution is -2.28. The first kappa shape index (κ1) is 13.4. The molecule has 0 aromatic carbocycles. The van der Waals surface area contributed by atoms with Crippen LogP contribution in [0.15, 0.2) is 6.07 Å². The van der Waals surface area contributed by atoms with Gasteiger partial charge in [0.2, 0.25) is 0 Å². The van der Waals surface area contributed by atoms with E-state index in [1.807, 2.05) is 0 Å².